The highest BCUT2D eigenvalue weighted by Crippen LogP contribution is 2.41. The average Bonchev–Trinajstić information content (AvgIpc) is 2.33. The summed E-state index contributed by atoms with van der Waals surface area (Å²) in [6.07, 6.45) is 0. The van der Waals surface area contributed by atoms with Crippen LogP contribution in [0.5, 0.6) is 23.0 Å². The predicted octanol–water partition coefficient (Wildman–Crippen LogP) is 2.79. The molecule has 2 rings (SSSR count). The van der Waals surface area contributed by atoms with Crippen molar-refractivity contribution in [3.8, 4) is 34.1 Å². The first-order valence-electron chi connectivity index (χ1n) is 5.43. The number of phenols is 3. The van der Waals surface area contributed by atoms with E-state index in [4.69, 9.17) is 4.74 Å². The van der Waals surface area contributed by atoms with Crippen LogP contribution in [-0.2, 0) is 0 Å². The first-order chi connectivity index (χ1) is 8.52. The highest BCUT2D eigenvalue weighted by atomic mass is 16.5. The smallest absolute Gasteiger partial charge is 0.127 e. The summed E-state index contributed by atoms with van der Waals surface area (Å²) >= 11 is 0. The summed E-state index contributed by atoms with van der Waals surface area (Å²) in [4.78, 5) is 0. The second kappa shape index (κ2) is 4.49. The summed E-state index contributed by atoms with van der Waals surface area (Å²) in [5.74, 6) is 0.668. The van der Waals surface area contributed by atoms with Gasteiger partial charge in [0.25, 0.3) is 0 Å². The van der Waals surface area contributed by atoms with Gasteiger partial charge in [-0.05, 0) is 42.8 Å². The highest BCUT2D eigenvalue weighted by Gasteiger charge is 2.14. The Hall–Kier alpha value is -2.36. The highest BCUT2D eigenvalue weighted by molar-refractivity contribution is 5.79. The molecular weight excluding hydrogens is 232 g/mol. The molecule has 4 heteroatoms. The second-order valence-corrected chi connectivity index (χ2v) is 4.04. The lowest BCUT2D eigenvalue weighted by atomic mass is 10.00. The number of hydrogen-bond acceptors (Lipinski definition) is 4. The van der Waals surface area contributed by atoms with Crippen molar-refractivity contribution in [2.45, 2.75) is 6.92 Å². The summed E-state index contributed by atoms with van der Waals surface area (Å²) in [7, 11) is 1.50. The van der Waals surface area contributed by atoms with E-state index in [0.29, 0.717) is 22.4 Å². The van der Waals surface area contributed by atoms with E-state index in [2.05, 4.69) is 0 Å². The van der Waals surface area contributed by atoms with Crippen molar-refractivity contribution in [1.82, 2.24) is 0 Å². The van der Waals surface area contributed by atoms with Gasteiger partial charge in [0.15, 0.2) is 0 Å². The predicted molar refractivity (Wildman–Crippen MR) is 68.2 cm³/mol. The van der Waals surface area contributed by atoms with Crippen molar-refractivity contribution >= 4 is 0 Å². The van der Waals surface area contributed by atoms with E-state index in [1.165, 1.54) is 31.4 Å². The SMILES string of the molecule is COc1ccc(O)cc1-c1cc(O)cc(C)c1O. The largest absolute Gasteiger partial charge is 0.508 e. The first-order valence-corrected chi connectivity index (χ1v) is 5.43. The number of hydrogen-bond donors (Lipinski definition) is 3. The van der Waals surface area contributed by atoms with Gasteiger partial charge in [-0.25, -0.2) is 0 Å². The lowest BCUT2D eigenvalue weighted by Crippen LogP contribution is -1.89. The van der Waals surface area contributed by atoms with E-state index in [-0.39, 0.29) is 17.2 Å². The molecule has 18 heavy (non-hydrogen) atoms. The Morgan fingerprint density at radius 2 is 1.56 bits per heavy atom. The maximum absolute atomic E-state index is 10.0. The van der Waals surface area contributed by atoms with Crippen molar-refractivity contribution in [2.24, 2.45) is 0 Å². The Bertz CT molecular complexity index is 591. The molecule has 0 saturated heterocycles. The molecule has 0 amide bonds. The molecular formula is C14H14O4. The van der Waals surface area contributed by atoms with Gasteiger partial charge in [-0.3, -0.25) is 0 Å². The summed E-state index contributed by atoms with van der Waals surface area (Å²) in [6, 6.07) is 7.47. The monoisotopic (exact) mass is 246 g/mol. The Kier molecular flexibility index (Phi) is 3.02. The molecule has 0 saturated carbocycles. The van der Waals surface area contributed by atoms with E-state index in [9.17, 15) is 15.3 Å². The summed E-state index contributed by atoms with van der Waals surface area (Å²) < 4.78 is 5.19. The average molecular weight is 246 g/mol. The second-order valence-electron chi connectivity index (χ2n) is 4.04. The number of ether oxygens (including phenoxy) is 1. The Morgan fingerprint density at radius 3 is 2.22 bits per heavy atom. The minimum Gasteiger partial charge on any atom is -0.508 e. The van der Waals surface area contributed by atoms with E-state index in [0.717, 1.165) is 0 Å². The minimum atomic E-state index is 0.0469. The van der Waals surface area contributed by atoms with Crippen LogP contribution in [0.25, 0.3) is 11.1 Å². The molecule has 0 heterocycles. The number of aromatic hydroxyl groups is 3. The molecule has 0 bridgehead atoms. The molecule has 0 fully saturated rings. The van der Waals surface area contributed by atoms with Crippen molar-refractivity contribution in [3.05, 3.63) is 35.9 Å². The van der Waals surface area contributed by atoms with Crippen molar-refractivity contribution in [2.75, 3.05) is 7.11 Å². The molecule has 0 atom stereocenters. The maximum Gasteiger partial charge on any atom is 0.127 e. The van der Waals surface area contributed by atoms with Crippen LogP contribution in [0, 0.1) is 6.92 Å². The quantitative estimate of drug-likeness (QED) is 0.712. The van der Waals surface area contributed by atoms with Crippen LogP contribution in [0.3, 0.4) is 0 Å². The molecule has 0 aliphatic rings. The summed E-state index contributed by atoms with van der Waals surface area (Å²) in [5, 5.41) is 29.2. The lowest BCUT2D eigenvalue weighted by Gasteiger charge is -2.12. The molecule has 94 valence electrons. The van der Waals surface area contributed by atoms with Gasteiger partial charge in [-0.15, -0.1) is 0 Å². The van der Waals surface area contributed by atoms with Gasteiger partial charge in [-0.1, -0.05) is 0 Å². The molecule has 2 aromatic rings. The third kappa shape index (κ3) is 2.05. The van der Waals surface area contributed by atoms with Crippen molar-refractivity contribution in [3.63, 3.8) is 0 Å². The summed E-state index contributed by atoms with van der Waals surface area (Å²) in [5.41, 5.74) is 1.49. The molecule has 0 spiro atoms. The van der Waals surface area contributed by atoms with Gasteiger partial charge in [0.2, 0.25) is 0 Å². The zero-order chi connectivity index (χ0) is 13.3. The molecule has 0 unspecified atom stereocenters. The van der Waals surface area contributed by atoms with Crippen molar-refractivity contribution < 1.29 is 20.1 Å². The fraction of sp³-hybridized carbons (Fsp3) is 0.143. The van der Waals surface area contributed by atoms with Crippen LogP contribution in [0.2, 0.25) is 0 Å². The molecule has 0 aromatic heterocycles. The van der Waals surface area contributed by atoms with E-state index in [1.807, 2.05) is 0 Å². The van der Waals surface area contributed by atoms with Crippen LogP contribution < -0.4 is 4.74 Å². The number of rotatable bonds is 2. The fourth-order valence-corrected chi connectivity index (χ4v) is 1.87. The normalized spacial score (nSPS) is 10.3. The van der Waals surface area contributed by atoms with Gasteiger partial charge in [-0.2, -0.15) is 0 Å². The molecule has 4 nitrogen and oxygen atoms in total. The van der Waals surface area contributed by atoms with Crippen LogP contribution >= 0.6 is 0 Å². The number of phenolic OH excluding ortho intramolecular Hbond substituents is 3. The number of aryl methyl sites for hydroxylation is 1. The standard InChI is InChI=1S/C14H14O4/c1-8-5-10(16)7-12(14(8)17)11-6-9(15)3-4-13(11)18-2/h3-7,15-17H,1-2H3. The molecule has 2 aromatic carbocycles. The van der Waals surface area contributed by atoms with Gasteiger partial charge in [0.05, 0.1) is 7.11 Å². The van der Waals surface area contributed by atoms with Gasteiger partial charge in [0, 0.05) is 11.1 Å². The number of methoxy groups -OCH3 is 1. The zero-order valence-electron chi connectivity index (χ0n) is 10.1. The van der Waals surface area contributed by atoms with Crippen LogP contribution in [-0.4, -0.2) is 22.4 Å². The Morgan fingerprint density at radius 1 is 0.889 bits per heavy atom. The number of benzene rings is 2. The third-order valence-electron chi connectivity index (χ3n) is 2.76. The van der Waals surface area contributed by atoms with Gasteiger partial charge in [0.1, 0.15) is 23.0 Å². The van der Waals surface area contributed by atoms with E-state index < -0.39 is 0 Å². The van der Waals surface area contributed by atoms with Crippen LogP contribution in [0.4, 0.5) is 0 Å². The topological polar surface area (TPSA) is 69.9 Å². The molecule has 0 radical (unpaired) electrons. The molecule has 0 aliphatic carbocycles. The third-order valence-corrected chi connectivity index (χ3v) is 2.76. The lowest BCUT2D eigenvalue weighted by molar-refractivity contribution is 0.413. The molecule has 3 N–H and O–H groups in total. The van der Waals surface area contributed by atoms with Gasteiger partial charge < -0.3 is 20.1 Å². The van der Waals surface area contributed by atoms with Crippen LogP contribution in [0.1, 0.15) is 5.56 Å². The first kappa shape index (κ1) is 12.1. The van der Waals surface area contributed by atoms with E-state index in [1.54, 1.807) is 13.0 Å². The Labute approximate surface area is 105 Å². The van der Waals surface area contributed by atoms with Crippen LogP contribution in [0.15, 0.2) is 30.3 Å². The minimum absolute atomic E-state index is 0.0469. The molecule has 0 aliphatic heterocycles. The van der Waals surface area contributed by atoms with E-state index >= 15 is 0 Å². The maximum atomic E-state index is 10.0. The Balaban J connectivity index is 2.72. The fourth-order valence-electron chi connectivity index (χ4n) is 1.87. The summed E-state index contributed by atoms with van der Waals surface area (Å²) in [6.45, 7) is 1.69. The van der Waals surface area contributed by atoms with Gasteiger partial charge >= 0.3 is 0 Å². The zero-order valence-corrected chi connectivity index (χ0v) is 10.1. The van der Waals surface area contributed by atoms with Crippen molar-refractivity contribution in [1.29, 1.82) is 0 Å².